The van der Waals surface area contributed by atoms with Crippen molar-refractivity contribution in [2.45, 2.75) is 19.8 Å². The molecular formula is C14H13BrClNO3. The summed E-state index contributed by atoms with van der Waals surface area (Å²) in [6.45, 7) is 2.01. The van der Waals surface area contributed by atoms with Crippen molar-refractivity contribution in [3.8, 4) is 11.5 Å². The summed E-state index contributed by atoms with van der Waals surface area (Å²) in [5.74, 6) is 0.00190. The van der Waals surface area contributed by atoms with Gasteiger partial charge in [-0.05, 0) is 40.5 Å². The van der Waals surface area contributed by atoms with Crippen LogP contribution >= 0.6 is 27.5 Å². The van der Waals surface area contributed by atoms with Crippen LogP contribution in [0.4, 0.5) is 0 Å². The van der Waals surface area contributed by atoms with E-state index in [1.54, 1.807) is 12.1 Å². The first kappa shape index (κ1) is 15.1. The Morgan fingerprint density at radius 3 is 2.85 bits per heavy atom. The lowest BCUT2D eigenvalue weighted by molar-refractivity contribution is 0.0564. The van der Waals surface area contributed by atoms with Crippen molar-refractivity contribution in [3.05, 3.63) is 39.1 Å². The number of esters is 1. The number of ether oxygens (including phenoxy) is 1. The molecule has 0 radical (unpaired) electrons. The molecule has 1 heterocycles. The maximum atomic E-state index is 11.7. The molecule has 0 atom stereocenters. The molecule has 0 unspecified atom stereocenters. The van der Waals surface area contributed by atoms with Crippen LogP contribution in [0, 0.1) is 0 Å². The Labute approximate surface area is 130 Å². The normalized spacial score (nSPS) is 10.6. The fourth-order valence-corrected chi connectivity index (χ4v) is 2.19. The molecule has 0 aliphatic rings. The van der Waals surface area contributed by atoms with Gasteiger partial charge < -0.3 is 9.15 Å². The van der Waals surface area contributed by atoms with E-state index >= 15 is 0 Å². The number of methoxy groups -OCH3 is 1. The van der Waals surface area contributed by atoms with E-state index in [2.05, 4.69) is 20.9 Å². The number of oxazole rings is 1. The Morgan fingerprint density at radius 2 is 2.25 bits per heavy atom. The van der Waals surface area contributed by atoms with E-state index in [0.717, 1.165) is 10.9 Å². The second-order valence-corrected chi connectivity index (χ2v) is 5.43. The third kappa shape index (κ3) is 3.04. The Bertz CT molecular complexity index is 639. The first-order chi connectivity index (χ1) is 9.56. The molecule has 2 aromatic rings. The lowest BCUT2D eigenvalue weighted by Crippen LogP contribution is -2.03. The molecule has 0 saturated heterocycles. The van der Waals surface area contributed by atoms with E-state index in [9.17, 15) is 4.79 Å². The zero-order valence-electron chi connectivity index (χ0n) is 11.1. The van der Waals surface area contributed by atoms with Crippen molar-refractivity contribution in [1.82, 2.24) is 4.98 Å². The summed E-state index contributed by atoms with van der Waals surface area (Å²) in [6, 6.07) is 5.35. The number of hydrogen-bond donors (Lipinski definition) is 0. The topological polar surface area (TPSA) is 52.3 Å². The highest BCUT2D eigenvalue weighted by atomic mass is 79.9. The lowest BCUT2D eigenvalue weighted by Gasteiger charge is -1.98. The zero-order chi connectivity index (χ0) is 14.7. The molecule has 0 saturated carbocycles. The molecule has 1 aromatic carbocycles. The molecule has 0 fully saturated rings. The number of hydrogen-bond acceptors (Lipinski definition) is 4. The largest absolute Gasteiger partial charge is 0.463 e. The van der Waals surface area contributed by atoms with E-state index < -0.39 is 5.97 Å². The average molecular weight is 359 g/mol. The van der Waals surface area contributed by atoms with Gasteiger partial charge in [0.25, 0.3) is 0 Å². The third-order valence-corrected chi connectivity index (χ3v) is 3.95. The highest BCUT2D eigenvalue weighted by molar-refractivity contribution is 9.10. The summed E-state index contributed by atoms with van der Waals surface area (Å²) >= 11 is 9.38. The van der Waals surface area contributed by atoms with E-state index in [0.29, 0.717) is 28.6 Å². The summed E-state index contributed by atoms with van der Waals surface area (Å²) < 4.78 is 11.0. The van der Waals surface area contributed by atoms with Gasteiger partial charge in [-0.2, -0.15) is 0 Å². The van der Waals surface area contributed by atoms with Gasteiger partial charge in [0.15, 0.2) is 0 Å². The van der Waals surface area contributed by atoms with Crippen LogP contribution in [-0.4, -0.2) is 18.1 Å². The second-order valence-electron chi connectivity index (χ2n) is 4.17. The van der Waals surface area contributed by atoms with Crippen LogP contribution in [0.1, 0.15) is 29.6 Å². The summed E-state index contributed by atoms with van der Waals surface area (Å²) in [6.07, 6.45) is 1.51. The van der Waals surface area contributed by atoms with E-state index in [1.165, 1.54) is 7.11 Å². The number of nitrogens with zero attached hydrogens (tertiary/aromatic N) is 1. The first-order valence-electron chi connectivity index (χ1n) is 6.10. The molecular weight excluding hydrogens is 346 g/mol. The SMILES string of the molecule is CCCc1nc(-c2ccc(Br)c(Cl)c2)oc1C(=O)OC. The minimum absolute atomic E-state index is 0.156. The Hall–Kier alpha value is -1.33. The van der Waals surface area contributed by atoms with Crippen LogP contribution in [0.5, 0.6) is 0 Å². The van der Waals surface area contributed by atoms with Crippen LogP contribution in [0.2, 0.25) is 5.02 Å². The maximum absolute atomic E-state index is 11.7. The molecule has 0 aliphatic heterocycles. The van der Waals surface area contributed by atoms with Gasteiger partial charge >= 0.3 is 5.97 Å². The highest BCUT2D eigenvalue weighted by Gasteiger charge is 2.21. The molecule has 1 aromatic heterocycles. The van der Waals surface area contributed by atoms with Crippen LogP contribution in [-0.2, 0) is 11.2 Å². The van der Waals surface area contributed by atoms with Gasteiger partial charge in [0.05, 0.1) is 17.8 Å². The van der Waals surface area contributed by atoms with Crippen molar-refractivity contribution in [3.63, 3.8) is 0 Å². The zero-order valence-corrected chi connectivity index (χ0v) is 13.4. The fourth-order valence-electron chi connectivity index (χ4n) is 1.76. The van der Waals surface area contributed by atoms with Gasteiger partial charge in [-0.15, -0.1) is 0 Å². The molecule has 0 spiro atoms. The number of carbonyl (C=O) groups is 1. The summed E-state index contributed by atoms with van der Waals surface area (Å²) in [4.78, 5) is 16.1. The van der Waals surface area contributed by atoms with Crippen molar-refractivity contribution >= 4 is 33.5 Å². The summed E-state index contributed by atoms with van der Waals surface area (Å²) in [5, 5.41) is 0.553. The molecule has 0 amide bonds. The number of aromatic nitrogens is 1. The molecule has 6 heteroatoms. The Kier molecular flexibility index (Phi) is 4.83. The average Bonchev–Trinajstić information content (AvgIpc) is 2.85. The van der Waals surface area contributed by atoms with Crippen molar-refractivity contribution < 1.29 is 13.9 Å². The lowest BCUT2D eigenvalue weighted by atomic mass is 10.2. The Morgan fingerprint density at radius 1 is 1.50 bits per heavy atom. The first-order valence-corrected chi connectivity index (χ1v) is 7.27. The second kappa shape index (κ2) is 6.41. The monoisotopic (exact) mass is 357 g/mol. The van der Waals surface area contributed by atoms with Gasteiger partial charge in [-0.1, -0.05) is 24.9 Å². The number of carbonyl (C=O) groups excluding carboxylic acids is 1. The smallest absolute Gasteiger partial charge is 0.376 e. The number of aryl methyl sites for hydroxylation is 1. The van der Waals surface area contributed by atoms with Crippen LogP contribution in [0.15, 0.2) is 27.1 Å². The summed E-state index contributed by atoms with van der Waals surface area (Å²) in [5.41, 5.74) is 1.32. The quantitative estimate of drug-likeness (QED) is 0.755. The molecule has 0 bridgehead atoms. The van der Waals surface area contributed by atoms with Crippen molar-refractivity contribution in [2.75, 3.05) is 7.11 Å². The molecule has 0 aliphatic carbocycles. The van der Waals surface area contributed by atoms with Crippen LogP contribution in [0.3, 0.4) is 0 Å². The van der Waals surface area contributed by atoms with Crippen LogP contribution < -0.4 is 0 Å². The van der Waals surface area contributed by atoms with Gasteiger partial charge in [-0.3, -0.25) is 0 Å². The van der Waals surface area contributed by atoms with Crippen molar-refractivity contribution in [1.29, 1.82) is 0 Å². The van der Waals surface area contributed by atoms with Gasteiger partial charge in [0.2, 0.25) is 11.7 Å². The molecule has 4 nitrogen and oxygen atoms in total. The van der Waals surface area contributed by atoms with E-state index in [4.69, 9.17) is 20.8 Å². The van der Waals surface area contributed by atoms with Gasteiger partial charge in [0.1, 0.15) is 0 Å². The number of rotatable bonds is 4. The standard InChI is InChI=1S/C14H13BrClNO3/c1-3-4-11-12(14(18)19-2)20-13(17-11)8-5-6-9(15)10(16)7-8/h5-7H,3-4H2,1-2H3. The summed E-state index contributed by atoms with van der Waals surface area (Å²) in [7, 11) is 1.32. The minimum Gasteiger partial charge on any atom is -0.463 e. The molecule has 20 heavy (non-hydrogen) atoms. The van der Waals surface area contributed by atoms with Gasteiger partial charge in [-0.25, -0.2) is 9.78 Å². The van der Waals surface area contributed by atoms with Crippen LogP contribution in [0.25, 0.3) is 11.5 Å². The molecule has 106 valence electrons. The third-order valence-electron chi connectivity index (χ3n) is 2.72. The van der Waals surface area contributed by atoms with Gasteiger partial charge in [0, 0.05) is 10.0 Å². The number of halogens is 2. The minimum atomic E-state index is -0.518. The fraction of sp³-hybridized carbons (Fsp3) is 0.286. The van der Waals surface area contributed by atoms with E-state index in [1.807, 2.05) is 13.0 Å². The predicted molar refractivity (Wildman–Crippen MR) is 80.0 cm³/mol. The molecule has 0 N–H and O–H groups in total. The predicted octanol–water partition coefficient (Wildman–Crippen LogP) is 4.50. The van der Waals surface area contributed by atoms with Crippen molar-refractivity contribution in [2.24, 2.45) is 0 Å². The molecule has 2 rings (SSSR count). The highest BCUT2D eigenvalue weighted by Crippen LogP contribution is 2.30. The van der Waals surface area contributed by atoms with E-state index in [-0.39, 0.29) is 5.76 Å². The Balaban J connectivity index is 2.46. The number of benzene rings is 1. The maximum Gasteiger partial charge on any atom is 0.376 e.